The predicted molar refractivity (Wildman–Crippen MR) is 134 cm³/mol. The Morgan fingerprint density at radius 2 is 1.97 bits per heavy atom. The molecule has 168 valence electrons. The lowest BCUT2D eigenvalue weighted by Crippen LogP contribution is -2.33. The van der Waals surface area contributed by atoms with Crippen LogP contribution >= 0.6 is 15.9 Å². The number of hydrogen-bond acceptors (Lipinski definition) is 4. The fraction of sp³-hybridized carbons (Fsp3) is 0.308. The number of benzene rings is 1. The van der Waals surface area contributed by atoms with Crippen LogP contribution in [0.25, 0.3) is 5.70 Å². The van der Waals surface area contributed by atoms with Gasteiger partial charge in [-0.15, -0.1) is 5.10 Å². The molecule has 3 heterocycles. The molecule has 2 aliphatic rings. The van der Waals surface area contributed by atoms with Crippen molar-refractivity contribution in [2.24, 2.45) is 5.10 Å². The van der Waals surface area contributed by atoms with E-state index >= 15 is 0 Å². The van der Waals surface area contributed by atoms with Crippen LogP contribution in [-0.4, -0.2) is 27.3 Å². The Morgan fingerprint density at radius 1 is 1.22 bits per heavy atom. The van der Waals surface area contributed by atoms with E-state index in [0.29, 0.717) is 0 Å². The van der Waals surface area contributed by atoms with Crippen molar-refractivity contribution in [3.8, 4) is 0 Å². The van der Waals surface area contributed by atoms with Gasteiger partial charge in [-0.05, 0) is 77.7 Å². The van der Waals surface area contributed by atoms with Gasteiger partial charge in [0, 0.05) is 6.54 Å². The fourth-order valence-corrected chi connectivity index (χ4v) is 4.18. The van der Waals surface area contributed by atoms with Crippen LogP contribution in [0.5, 0.6) is 0 Å². The number of amidine groups is 1. The third-order valence-electron chi connectivity index (χ3n) is 5.16. The predicted octanol–water partition coefficient (Wildman–Crippen LogP) is 7.30. The summed E-state index contributed by atoms with van der Waals surface area (Å²) in [6.45, 7) is 11.2. The first-order valence-electron chi connectivity index (χ1n) is 11.1. The topological polar surface area (TPSA) is 31.7 Å². The van der Waals surface area contributed by atoms with Gasteiger partial charge in [0.25, 0.3) is 0 Å². The lowest BCUT2D eigenvalue weighted by molar-refractivity contribution is 0.385. The molecule has 1 aromatic carbocycles. The maximum atomic E-state index is 13.8. The zero-order chi connectivity index (χ0) is 23.1. The molecule has 0 bridgehead atoms. The summed E-state index contributed by atoms with van der Waals surface area (Å²) < 4.78 is 14.5. The third kappa shape index (κ3) is 5.54. The average molecular weight is 497 g/mol. The fourth-order valence-electron chi connectivity index (χ4n) is 3.83. The second-order valence-electron chi connectivity index (χ2n) is 7.73. The molecule has 0 spiro atoms. The number of likely N-dealkylation sites (tertiary alicyclic amines) is 1. The molecular formula is C26H30BrFN4. The van der Waals surface area contributed by atoms with E-state index < -0.39 is 0 Å². The molecule has 4 nitrogen and oxygen atoms in total. The number of aromatic nitrogens is 1. The maximum Gasteiger partial charge on any atom is 0.150 e. The summed E-state index contributed by atoms with van der Waals surface area (Å²) in [4.78, 5) is 6.81. The molecule has 0 aliphatic carbocycles. The van der Waals surface area contributed by atoms with E-state index in [1.807, 2.05) is 54.4 Å². The molecule has 1 fully saturated rings. The second kappa shape index (κ2) is 11.2. The van der Waals surface area contributed by atoms with Crippen molar-refractivity contribution in [1.29, 1.82) is 0 Å². The molecule has 0 amide bonds. The van der Waals surface area contributed by atoms with Gasteiger partial charge >= 0.3 is 0 Å². The van der Waals surface area contributed by atoms with Crippen LogP contribution in [0.3, 0.4) is 0 Å². The van der Waals surface area contributed by atoms with Crippen molar-refractivity contribution in [3.63, 3.8) is 0 Å². The number of halogens is 2. The van der Waals surface area contributed by atoms with Gasteiger partial charge in [-0.1, -0.05) is 51.1 Å². The molecule has 0 saturated carbocycles. The Balaban J connectivity index is 0.000000913. The Kier molecular flexibility index (Phi) is 8.39. The third-order valence-corrected chi connectivity index (χ3v) is 5.60. The minimum Gasteiger partial charge on any atom is -0.348 e. The second-order valence-corrected chi connectivity index (χ2v) is 8.54. The van der Waals surface area contributed by atoms with E-state index in [0.717, 1.165) is 52.5 Å². The molecule has 2 aliphatic heterocycles. The van der Waals surface area contributed by atoms with Gasteiger partial charge < -0.3 is 4.90 Å². The number of hydrogen-bond donors (Lipinski definition) is 0. The van der Waals surface area contributed by atoms with Crippen LogP contribution in [0.1, 0.15) is 57.3 Å². The molecule has 1 unspecified atom stereocenters. The highest BCUT2D eigenvalue weighted by Gasteiger charge is 2.30. The van der Waals surface area contributed by atoms with Crippen LogP contribution in [0.4, 0.5) is 4.39 Å². The first-order chi connectivity index (χ1) is 15.5. The number of allylic oxidation sites excluding steroid dienone is 2. The van der Waals surface area contributed by atoms with Crippen LogP contribution in [0.2, 0.25) is 0 Å². The van der Waals surface area contributed by atoms with Gasteiger partial charge in [-0.3, -0.25) is 0 Å². The van der Waals surface area contributed by atoms with Crippen LogP contribution in [-0.2, 0) is 0 Å². The van der Waals surface area contributed by atoms with Gasteiger partial charge in [0.05, 0.1) is 23.1 Å². The molecule has 0 N–H and O–H groups in total. The van der Waals surface area contributed by atoms with Gasteiger partial charge in [0.1, 0.15) is 16.3 Å². The molecule has 6 heteroatoms. The summed E-state index contributed by atoms with van der Waals surface area (Å²) in [7, 11) is 0. The summed E-state index contributed by atoms with van der Waals surface area (Å²) in [6, 6.07) is 12.8. The minimum absolute atomic E-state index is 0.111. The van der Waals surface area contributed by atoms with Crippen LogP contribution in [0, 0.1) is 5.82 Å². The lowest BCUT2D eigenvalue weighted by Gasteiger charge is -2.32. The first-order valence-corrected chi connectivity index (χ1v) is 11.8. The summed E-state index contributed by atoms with van der Waals surface area (Å²) in [5.41, 5.74) is 3.42. The van der Waals surface area contributed by atoms with Crippen molar-refractivity contribution in [2.45, 2.75) is 46.1 Å². The van der Waals surface area contributed by atoms with Gasteiger partial charge in [0.2, 0.25) is 0 Å². The zero-order valence-corrected chi connectivity index (χ0v) is 20.5. The highest BCUT2D eigenvalue weighted by atomic mass is 79.9. The van der Waals surface area contributed by atoms with Crippen molar-refractivity contribution < 1.29 is 4.39 Å². The van der Waals surface area contributed by atoms with Crippen molar-refractivity contribution in [3.05, 3.63) is 94.6 Å². The highest BCUT2D eigenvalue weighted by Crippen LogP contribution is 2.35. The number of hydrazone groups is 1. The highest BCUT2D eigenvalue weighted by molar-refractivity contribution is 9.10. The van der Waals surface area contributed by atoms with Crippen molar-refractivity contribution in [2.75, 3.05) is 6.54 Å². The number of pyridine rings is 1. The SMILES string of the molecule is C=C1C=CC(N2CCCC2c2cccc(F)c2)=NN1/C(=C\C)c1cccc(Br)n1.CCC. The largest absolute Gasteiger partial charge is 0.348 e. The minimum atomic E-state index is -0.206. The molecule has 2 aromatic rings. The molecule has 4 rings (SSSR count). The summed E-state index contributed by atoms with van der Waals surface area (Å²) in [6.07, 6.45) is 9.19. The summed E-state index contributed by atoms with van der Waals surface area (Å²) >= 11 is 3.44. The normalized spacial score (nSPS) is 18.4. The van der Waals surface area contributed by atoms with Crippen molar-refractivity contribution >= 4 is 27.5 Å². The number of rotatable bonds is 3. The Bertz CT molecular complexity index is 1040. The first kappa shape index (κ1) is 23.9. The standard InChI is InChI=1S/C23H22BrFN4.C3H8/c1-3-20(19-9-5-11-22(24)26-19)29-16(2)12-13-23(27-29)28-14-6-10-21(28)17-7-4-8-18(25)15-17;1-3-2/h3-5,7-9,11-13,15,21H,2,6,10,14H2,1H3;3H2,1-2H3/b20-3-;. The quantitative estimate of drug-likeness (QED) is 0.417. The lowest BCUT2D eigenvalue weighted by atomic mass is 10.0. The van der Waals surface area contributed by atoms with E-state index in [2.05, 4.69) is 46.2 Å². The van der Waals surface area contributed by atoms with E-state index in [1.54, 1.807) is 12.1 Å². The summed E-state index contributed by atoms with van der Waals surface area (Å²) in [5.74, 6) is 0.640. The van der Waals surface area contributed by atoms with Gasteiger partial charge in [-0.2, -0.15) is 0 Å². The molecular weight excluding hydrogens is 467 g/mol. The summed E-state index contributed by atoms with van der Waals surface area (Å²) in [5, 5.41) is 6.72. The maximum absolute atomic E-state index is 13.8. The molecule has 1 atom stereocenters. The molecule has 0 radical (unpaired) electrons. The Labute approximate surface area is 199 Å². The van der Waals surface area contributed by atoms with Gasteiger partial charge in [-0.25, -0.2) is 14.4 Å². The van der Waals surface area contributed by atoms with E-state index in [1.165, 1.54) is 12.5 Å². The van der Waals surface area contributed by atoms with Crippen LogP contribution < -0.4 is 0 Å². The van der Waals surface area contributed by atoms with E-state index in [-0.39, 0.29) is 11.9 Å². The zero-order valence-electron chi connectivity index (χ0n) is 18.9. The monoisotopic (exact) mass is 496 g/mol. The molecule has 1 aromatic heterocycles. The van der Waals surface area contributed by atoms with Crippen LogP contribution in [0.15, 0.2) is 82.7 Å². The van der Waals surface area contributed by atoms with Crippen molar-refractivity contribution in [1.82, 2.24) is 14.9 Å². The Hall–Kier alpha value is -2.73. The smallest absolute Gasteiger partial charge is 0.150 e. The molecule has 32 heavy (non-hydrogen) atoms. The average Bonchev–Trinajstić information content (AvgIpc) is 3.26. The number of nitrogens with zero attached hydrogens (tertiary/aromatic N) is 4. The van der Waals surface area contributed by atoms with Gasteiger partial charge in [0.15, 0.2) is 0 Å². The van der Waals surface area contributed by atoms with E-state index in [4.69, 9.17) is 5.10 Å². The van der Waals surface area contributed by atoms with E-state index in [9.17, 15) is 4.39 Å². The molecule has 1 saturated heterocycles. The Morgan fingerprint density at radius 3 is 2.66 bits per heavy atom.